The third-order valence-electron chi connectivity index (χ3n) is 6.08. The minimum atomic E-state index is -0.147. The van der Waals surface area contributed by atoms with Crippen molar-refractivity contribution in [1.29, 1.82) is 0 Å². The van der Waals surface area contributed by atoms with E-state index in [0.29, 0.717) is 23.6 Å². The lowest BCUT2D eigenvalue weighted by Crippen LogP contribution is -2.41. The molecule has 0 spiro atoms. The average molecular weight is 514 g/mol. The zero-order valence-corrected chi connectivity index (χ0v) is 23.7. The van der Waals surface area contributed by atoms with E-state index < -0.39 is 0 Å². The Morgan fingerprint density at radius 3 is 2.33 bits per heavy atom. The van der Waals surface area contributed by atoms with Crippen molar-refractivity contribution >= 4 is 34.3 Å². The molecule has 0 aliphatic carbocycles. The highest BCUT2D eigenvalue weighted by Crippen LogP contribution is 2.41. The lowest BCUT2D eigenvalue weighted by atomic mass is 9.76. The van der Waals surface area contributed by atoms with Crippen LogP contribution in [0.15, 0.2) is 41.5 Å². The van der Waals surface area contributed by atoms with Crippen molar-refractivity contribution in [2.45, 2.75) is 65.6 Å². The fraction of sp³-hybridized carbons (Fsp3) is 0.464. The summed E-state index contributed by atoms with van der Waals surface area (Å²) in [7, 11) is 3.13. The summed E-state index contributed by atoms with van der Waals surface area (Å²) in [6.07, 6.45) is 0.829. The van der Waals surface area contributed by atoms with Crippen LogP contribution in [0.25, 0.3) is 0 Å². The first kappa shape index (κ1) is 29.2. The molecule has 0 saturated heterocycles. The first-order chi connectivity index (χ1) is 17.2. The Labute approximate surface area is 219 Å². The van der Waals surface area contributed by atoms with Crippen molar-refractivity contribution in [1.82, 2.24) is 5.43 Å². The summed E-state index contributed by atoms with van der Waals surface area (Å²) in [5.41, 5.74) is 6.77. The first-order valence-electron chi connectivity index (χ1n) is 12.5. The van der Waals surface area contributed by atoms with Gasteiger partial charge in [0.25, 0.3) is 11.1 Å². The van der Waals surface area contributed by atoms with Crippen molar-refractivity contribution in [3.05, 3.63) is 53.1 Å². The van der Waals surface area contributed by atoms with Gasteiger partial charge in [-0.1, -0.05) is 59.4 Å². The van der Waals surface area contributed by atoms with E-state index >= 15 is 0 Å². The third kappa shape index (κ3) is 6.03. The van der Waals surface area contributed by atoms with Crippen LogP contribution < -0.4 is 19.8 Å². The van der Waals surface area contributed by atoms with Gasteiger partial charge in [0.15, 0.2) is 11.5 Å². The number of methoxy groups -OCH3 is 2. The van der Waals surface area contributed by atoms with E-state index in [0.717, 1.165) is 28.9 Å². The van der Waals surface area contributed by atoms with Crippen LogP contribution in [0.2, 0.25) is 0 Å². The lowest BCUT2D eigenvalue weighted by molar-refractivity contribution is 0.0982. The lowest BCUT2D eigenvalue weighted by Gasteiger charge is -2.39. The number of nitrogens with zero attached hydrogens (tertiary/aromatic N) is 2. The van der Waals surface area contributed by atoms with Gasteiger partial charge in [0.05, 0.1) is 25.2 Å². The molecule has 1 atom stereocenters. The molecule has 0 bridgehead atoms. The molecule has 0 radical (unpaired) electrons. The van der Waals surface area contributed by atoms with Crippen LogP contribution in [0.4, 0.5) is 10.5 Å². The van der Waals surface area contributed by atoms with E-state index in [1.807, 2.05) is 51.7 Å². The standard InChI is InChI=1S/C24H27N3O4S.2C2H6/c1-14-21(25-26-23(29)32-14)15-6-8-18-17(12-15)24(2,3)10-11-27(18)22(28)16-7-9-19(30-4)20(13-16)31-5;2*1-2/h6-9,12-14H,10-11H2,1-5H3,(H,26,29);2*1-2H3. The van der Waals surface area contributed by atoms with E-state index in [4.69, 9.17) is 9.47 Å². The summed E-state index contributed by atoms with van der Waals surface area (Å²) in [5, 5.41) is 4.10. The Balaban J connectivity index is 0.00000109. The number of amides is 2. The second-order valence-electron chi connectivity index (χ2n) is 8.55. The molecule has 2 amide bonds. The molecule has 0 aromatic heterocycles. The van der Waals surface area contributed by atoms with Crippen molar-refractivity contribution < 1.29 is 19.1 Å². The van der Waals surface area contributed by atoms with E-state index in [9.17, 15) is 9.59 Å². The summed E-state index contributed by atoms with van der Waals surface area (Å²) < 4.78 is 10.7. The highest BCUT2D eigenvalue weighted by molar-refractivity contribution is 8.14. The van der Waals surface area contributed by atoms with Gasteiger partial charge in [0.1, 0.15) is 0 Å². The average Bonchev–Trinajstić information content (AvgIpc) is 2.90. The summed E-state index contributed by atoms with van der Waals surface area (Å²) in [6.45, 7) is 15.0. The van der Waals surface area contributed by atoms with Gasteiger partial charge >= 0.3 is 0 Å². The quantitative estimate of drug-likeness (QED) is 0.496. The molecule has 4 rings (SSSR count). The molecule has 2 heterocycles. The minimum absolute atomic E-state index is 0.0435. The zero-order chi connectivity index (χ0) is 27.0. The predicted molar refractivity (Wildman–Crippen MR) is 150 cm³/mol. The largest absolute Gasteiger partial charge is 0.493 e. The number of hydrazone groups is 1. The van der Waals surface area contributed by atoms with Gasteiger partial charge in [-0.3, -0.25) is 9.59 Å². The van der Waals surface area contributed by atoms with Crippen LogP contribution in [0.5, 0.6) is 11.5 Å². The smallest absolute Gasteiger partial charge is 0.299 e. The summed E-state index contributed by atoms with van der Waals surface area (Å²) in [4.78, 5) is 26.9. The van der Waals surface area contributed by atoms with E-state index in [1.54, 1.807) is 32.4 Å². The van der Waals surface area contributed by atoms with Crippen LogP contribution in [0, 0.1) is 0 Å². The van der Waals surface area contributed by atoms with Crippen molar-refractivity contribution in [3.63, 3.8) is 0 Å². The van der Waals surface area contributed by atoms with Crippen molar-refractivity contribution in [3.8, 4) is 11.5 Å². The molecule has 7 nitrogen and oxygen atoms in total. The second-order valence-corrected chi connectivity index (χ2v) is 9.86. The molecule has 2 aromatic rings. The number of carbonyl (C=O) groups is 2. The maximum atomic E-state index is 13.5. The van der Waals surface area contributed by atoms with Gasteiger partial charge in [-0.2, -0.15) is 5.10 Å². The number of ether oxygens (including phenoxy) is 2. The summed E-state index contributed by atoms with van der Waals surface area (Å²) >= 11 is 1.22. The van der Waals surface area contributed by atoms with Crippen LogP contribution >= 0.6 is 11.8 Å². The van der Waals surface area contributed by atoms with Crippen molar-refractivity contribution in [2.24, 2.45) is 5.10 Å². The fourth-order valence-electron chi connectivity index (χ4n) is 4.19. The SMILES string of the molecule is CC.CC.COc1ccc(C(=O)N2CCC(C)(C)c3cc(C4=NNC(=O)SC4C)ccc32)cc1OC. The Hall–Kier alpha value is -3.00. The van der Waals surface area contributed by atoms with Gasteiger partial charge in [-0.15, -0.1) is 0 Å². The maximum Gasteiger partial charge on any atom is 0.299 e. The monoisotopic (exact) mass is 513 g/mol. The summed E-state index contributed by atoms with van der Waals surface area (Å²) in [6, 6.07) is 11.3. The van der Waals surface area contributed by atoms with E-state index in [1.165, 1.54) is 11.8 Å². The van der Waals surface area contributed by atoms with E-state index in [-0.39, 0.29) is 21.8 Å². The fourth-order valence-corrected chi connectivity index (χ4v) is 4.91. The number of fused-ring (bicyclic) bond motifs is 1. The number of thioether (sulfide) groups is 1. The van der Waals surface area contributed by atoms with Crippen LogP contribution in [0.3, 0.4) is 0 Å². The molecule has 36 heavy (non-hydrogen) atoms. The normalized spacial score (nSPS) is 17.7. The maximum absolute atomic E-state index is 13.5. The number of hydrogen-bond donors (Lipinski definition) is 1. The highest BCUT2D eigenvalue weighted by Gasteiger charge is 2.35. The Morgan fingerprint density at radius 1 is 1.06 bits per heavy atom. The Morgan fingerprint density at radius 2 is 1.72 bits per heavy atom. The van der Waals surface area contributed by atoms with Crippen molar-refractivity contribution in [2.75, 3.05) is 25.7 Å². The number of rotatable bonds is 4. The molecular weight excluding hydrogens is 474 g/mol. The Bertz CT molecular complexity index is 1110. The third-order valence-corrected chi connectivity index (χ3v) is 6.97. The first-order valence-corrected chi connectivity index (χ1v) is 13.4. The van der Waals surface area contributed by atoms with E-state index in [2.05, 4.69) is 30.4 Å². The van der Waals surface area contributed by atoms with Crippen LogP contribution in [0.1, 0.15) is 76.4 Å². The number of nitrogens with one attached hydrogen (secondary N) is 1. The van der Waals surface area contributed by atoms with Gasteiger partial charge in [0.2, 0.25) is 0 Å². The molecular formula is C28H39N3O4S. The van der Waals surface area contributed by atoms with Crippen LogP contribution in [-0.2, 0) is 5.41 Å². The second kappa shape index (κ2) is 12.8. The molecule has 2 aliphatic rings. The molecule has 1 N–H and O–H groups in total. The van der Waals surface area contributed by atoms with Gasteiger partial charge in [-0.25, -0.2) is 5.43 Å². The van der Waals surface area contributed by atoms with Gasteiger partial charge < -0.3 is 14.4 Å². The van der Waals surface area contributed by atoms with Gasteiger partial charge in [0, 0.05) is 17.8 Å². The zero-order valence-electron chi connectivity index (χ0n) is 22.9. The molecule has 8 heteroatoms. The Kier molecular flexibility index (Phi) is 10.4. The number of carbonyl (C=O) groups excluding carboxylic acids is 2. The molecule has 2 aromatic carbocycles. The molecule has 196 valence electrons. The summed E-state index contributed by atoms with van der Waals surface area (Å²) in [5.74, 6) is 1.03. The number of anilines is 1. The van der Waals surface area contributed by atoms with Gasteiger partial charge in [-0.05, 0) is 60.2 Å². The highest BCUT2D eigenvalue weighted by atomic mass is 32.2. The number of hydrogen-bond acceptors (Lipinski definition) is 6. The molecule has 2 aliphatic heterocycles. The molecule has 0 saturated carbocycles. The van der Waals surface area contributed by atoms with Crippen LogP contribution in [-0.4, -0.2) is 42.9 Å². The minimum Gasteiger partial charge on any atom is -0.493 e. The predicted octanol–water partition coefficient (Wildman–Crippen LogP) is 6.63. The molecule has 1 unspecified atom stereocenters. The molecule has 0 fully saturated rings. The topological polar surface area (TPSA) is 80.2 Å². The number of benzene rings is 2.